The fourth-order valence-electron chi connectivity index (χ4n) is 2.42. The Morgan fingerprint density at radius 1 is 1.27 bits per heavy atom. The summed E-state index contributed by atoms with van der Waals surface area (Å²) < 4.78 is 1.87. The molecule has 1 aromatic heterocycles. The normalized spacial score (nSPS) is 11.4. The fourth-order valence-corrected chi connectivity index (χ4v) is 2.60. The number of para-hydroxylation sites is 1. The van der Waals surface area contributed by atoms with E-state index in [0.29, 0.717) is 16.2 Å². The maximum atomic E-state index is 11.0. The van der Waals surface area contributed by atoms with Gasteiger partial charge in [0.2, 0.25) is 4.77 Å². The number of aryl methyl sites for hydroxylation is 1. The SMILES string of the molecule is Cc1cccc(-c2n[nH]c(=S)n2N=CC=Cc2ccccc2[N+](=O)[O-])c1. The molecule has 0 aliphatic rings. The molecule has 0 spiro atoms. The molecule has 3 rings (SSSR count). The minimum atomic E-state index is -0.418. The predicted molar refractivity (Wildman–Crippen MR) is 104 cm³/mol. The maximum absolute atomic E-state index is 11.0. The Bertz CT molecular complexity index is 1070. The minimum Gasteiger partial charge on any atom is -0.258 e. The van der Waals surface area contributed by atoms with Crippen LogP contribution in [0.25, 0.3) is 17.5 Å². The van der Waals surface area contributed by atoms with Crippen molar-refractivity contribution in [2.75, 3.05) is 0 Å². The van der Waals surface area contributed by atoms with Gasteiger partial charge in [-0.15, -0.1) is 0 Å². The highest BCUT2D eigenvalue weighted by atomic mass is 32.1. The molecular weight excluding hydrogens is 350 g/mol. The first-order valence-corrected chi connectivity index (χ1v) is 8.16. The number of nitrogens with one attached hydrogen (secondary N) is 1. The number of hydrogen-bond acceptors (Lipinski definition) is 5. The zero-order chi connectivity index (χ0) is 18.5. The lowest BCUT2D eigenvalue weighted by Crippen LogP contribution is -1.94. The lowest BCUT2D eigenvalue weighted by atomic mass is 10.1. The van der Waals surface area contributed by atoms with Crippen molar-refractivity contribution >= 4 is 30.2 Å². The van der Waals surface area contributed by atoms with Crippen molar-refractivity contribution in [2.24, 2.45) is 5.10 Å². The second kappa shape index (κ2) is 7.66. The summed E-state index contributed by atoms with van der Waals surface area (Å²) in [4.78, 5) is 10.6. The van der Waals surface area contributed by atoms with E-state index in [2.05, 4.69) is 15.3 Å². The quantitative estimate of drug-likeness (QED) is 0.315. The van der Waals surface area contributed by atoms with Crippen LogP contribution in [0.2, 0.25) is 0 Å². The minimum absolute atomic E-state index is 0.0394. The standard InChI is InChI=1S/C18H15N5O2S/c1-13-6-4-8-15(12-13)17-20-21-18(26)22(17)19-11-5-9-14-7-2-3-10-16(14)23(24)25/h2-12H,1H3,(H,21,26). The highest BCUT2D eigenvalue weighted by molar-refractivity contribution is 7.71. The molecule has 0 fully saturated rings. The summed E-state index contributed by atoms with van der Waals surface area (Å²) in [6.45, 7) is 1.99. The molecule has 0 bridgehead atoms. The molecule has 7 nitrogen and oxygen atoms in total. The number of nitro groups is 1. The second-order valence-corrected chi connectivity index (χ2v) is 5.86. The van der Waals surface area contributed by atoms with Crippen molar-refractivity contribution in [1.29, 1.82) is 0 Å². The lowest BCUT2D eigenvalue weighted by molar-refractivity contribution is -0.385. The third kappa shape index (κ3) is 3.81. The van der Waals surface area contributed by atoms with Crippen molar-refractivity contribution in [3.05, 3.63) is 80.6 Å². The van der Waals surface area contributed by atoms with Gasteiger partial charge in [0, 0.05) is 17.8 Å². The topological polar surface area (TPSA) is 89.1 Å². The summed E-state index contributed by atoms with van der Waals surface area (Å²) in [7, 11) is 0. The van der Waals surface area contributed by atoms with Gasteiger partial charge in [0.15, 0.2) is 5.82 Å². The summed E-state index contributed by atoms with van der Waals surface area (Å²) in [5, 5.41) is 22.3. The average molecular weight is 365 g/mol. The third-order valence-corrected chi connectivity index (χ3v) is 3.87. The fraction of sp³-hybridized carbons (Fsp3) is 0.0556. The first kappa shape index (κ1) is 17.4. The van der Waals surface area contributed by atoms with Gasteiger partial charge in [-0.1, -0.05) is 35.9 Å². The largest absolute Gasteiger partial charge is 0.276 e. The molecule has 8 heteroatoms. The smallest absolute Gasteiger partial charge is 0.258 e. The van der Waals surface area contributed by atoms with Crippen LogP contribution in [-0.2, 0) is 0 Å². The van der Waals surface area contributed by atoms with E-state index in [9.17, 15) is 10.1 Å². The van der Waals surface area contributed by atoms with Crippen LogP contribution in [0.5, 0.6) is 0 Å². The van der Waals surface area contributed by atoms with Crippen LogP contribution in [0.3, 0.4) is 0 Å². The molecular formula is C18H15N5O2S. The number of benzene rings is 2. The van der Waals surface area contributed by atoms with Crippen LogP contribution >= 0.6 is 12.2 Å². The number of aromatic amines is 1. The molecule has 1 heterocycles. The molecule has 0 saturated heterocycles. The van der Waals surface area contributed by atoms with Crippen molar-refractivity contribution in [3.8, 4) is 11.4 Å². The Kier molecular flexibility index (Phi) is 5.14. The van der Waals surface area contributed by atoms with Gasteiger partial charge in [0.05, 0.1) is 10.5 Å². The first-order chi connectivity index (χ1) is 12.6. The van der Waals surface area contributed by atoms with Crippen molar-refractivity contribution < 1.29 is 4.92 Å². The summed E-state index contributed by atoms with van der Waals surface area (Å²) in [6.07, 6.45) is 4.76. The van der Waals surface area contributed by atoms with Crippen molar-refractivity contribution in [1.82, 2.24) is 14.9 Å². The van der Waals surface area contributed by atoms with Crippen LogP contribution in [0.1, 0.15) is 11.1 Å². The van der Waals surface area contributed by atoms with Gasteiger partial charge in [0.1, 0.15) is 0 Å². The van der Waals surface area contributed by atoms with Crippen LogP contribution < -0.4 is 0 Å². The van der Waals surface area contributed by atoms with Gasteiger partial charge in [-0.3, -0.25) is 10.1 Å². The number of allylic oxidation sites excluding steroid dienone is 1. The zero-order valence-corrected chi connectivity index (χ0v) is 14.7. The van der Waals surface area contributed by atoms with Crippen LogP contribution in [0.4, 0.5) is 5.69 Å². The summed E-state index contributed by atoms with van der Waals surface area (Å²) in [6, 6.07) is 14.3. The number of rotatable bonds is 5. The van der Waals surface area contributed by atoms with E-state index in [-0.39, 0.29) is 5.69 Å². The number of nitro benzene ring substituents is 1. The number of aromatic nitrogens is 3. The van der Waals surface area contributed by atoms with E-state index in [0.717, 1.165) is 11.1 Å². The zero-order valence-electron chi connectivity index (χ0n) is 13.9. The summed E-state index contributed by atoms with van der Waals surface area (Å²) in [5.74, 6) is 0.592. The molecule has 0 amide bonds. The summed E-state index contributed by atoms with van der Waals surface area (Å²) >= 11 is 5.22. The Morgan fingerprint density at radius 2 is 2.08 bits per heavy atom. The third-order valence-electron chi connectivity index (χ3n) is 3.60. The monoisotopic (exact) mass is 365 g/mol. The van der Waals surface area contributed by atoms with E-state index in [1.54, 1.807) is 30.4 Å². The molecule has 0 saturated carbocycles. The average Bonchev–Trinajstić information content (AvgIpc) is 2.99. The number of nitrogens with zero attached hydrogens (tertiary/aromatic N) is 4. The van der Waals surface area contributed by atoms with Gasteiger partial charge in [0.25, 0.3) is 5.69 Å². The van der Waals surface area contributed by atoms with Gasteiger partial charge < -0.3 is 0 Å². The Morgan fingerprint density at radius 3 is 2.85 bits per heavy atom. The van der Waals surface area contributed by atoms with Gasteiger partial charge in [-0.05, 0) is 43.4 Å². The molecule has 3 aromatic rings. The number of H-pyrrole nitrogens is 1. The van der Waals surface area contributed by atoms with Crippen molar-refractivity contribution in [2.45, 2.75) is 6.92 Å². The molecule has 0 aliphatic heterocycles. The van der Waals surface area contributed by atoms with Crippen LogP contribution in [-0.4, -0.2) is 26.0 Å². The van der Waals surface area contributed by atoms with Gasteiger partial charge in [-0.25, -0.2) is 5.10 Å². The Balaban J connectivity index is 1.88. The van der Waals surface area contributed by atoms with E-state index < -0.39 is 4.92 Å². The molecule has 26 heavy (non-hydrogen) atoms. The highest BCUT2D eigenvalue weighted by Crippen LogP contribution is 2.19. The van der Waals surface area contributed by atoms with Crippen LogP contribution in [0, 0.1) is 21.8 Å². The molecule has 0 atom stereocenters. The Hall–Kier alpha value is -3.39. The van der Waals surface area contributed by atoms with Gasteiger partial charge in [-0.2, -0.15) is 14.9 Å². The van der Waals surface area contributed by atoms with E-state index in [1.165, 1.54) is 17.0 Å². The Labute approximate surface area is 154 Å². The maximum Gasteiger partial charge on any atom is 0.276 e. The van der Waals surface area contributed by atoms with E-state index in [4.69, 9.17) is 12.2 Å². The molecule has 130 valence electrons. The van der Waals surface area contributed by atoms with Crippen molar-refractivity contribution in [3.63, 3.8) is 0 Å². The molecule has 0 radical (unpaired) electrons. The molecule has 0 aliphatic carbocycles. The molecule has 0 unspecified atom stereocenters. The van der Waals surface area contributed by atoms with Crippen LogP contribution in [0.15, 0.2) is 59.7 Å². The lowest BCUT2D eigenvalue weighted by Gasteiger charge is -2.01. The molecule has 1 N–H and O–H groups in total. The number of hydrogen-bond donors (Lipinski definition) is 1. The van der Waals surface area contributed by atoms with E-state index in [1.807, 2.05) is 31.2 Å². The molecule has 2 aromatic carbocycles. The van der Waals surface area contributed by atoms with E-state index >= 15 is 0 Å². The van der Waals surface area contributed by atoms with Gasteiger partial charge >= 0.3 is 0 Å². The predicted octanol–water partition coefficient (Wildman–Crippen LogP) is 4.37. The second-order valence-electron chi connectivity index (χ2n) is 5.47. The summed E-state index contributed by atoms with van der Waals surface area (Å²) in [5.41, 5.74) is 2.52. The first-order valence-electron chi connectivity index (χ1n) is 7.75. The highest BCUT2D eigenvalue weighted by Gasteiger charge is 2.09.